The van der Waals surface area contributed by atoms with Crippen LogP contribution in [0, 0.1) is 17.3 Å². The predicted molar refractivity (Wildman–Crippen MR) is 82.1 cm³/mol. The minimum absolute atomic E-state index is 0.00216. The summed E-state index contributed by atoms with van der Waals surface area (Å²) < 4.78 is 0.344. The maximum Gasteiger partial charge on any atom is 0.223 e. The van der Waals surface area contributed by atoms with Crippen molar-refractivity contribution in [1.29, 1.82) is 0 Å². The van der Waals surface area contributed by atoms with Crippen molar-refractivity contribution >= 4 is 17.7 Å². The summed E-state index contributed by atoms with van der Waals surface area (Å²) in [6.45, 7) is 7.42. The lowest BCUT2D eigenvalue weighted by Gasteiger charge is -2.46. The van der Waals surface area contributed by atoms with E-state index in [1.807, 2.05) is 11.8 Å². The molecule has 0 aromatic rings. The molecule has 0 aromatic carbocycles. The van der Waals surface area contributed by atoms with Gasteiger partial charge in [-0.3, -0.25) is 4.79 Å². The van der Waals surface area contributed by atoms with Crippen LogP contribution in [0.5, 0.6) is 0 Å². The van der Waals surface area contributed by atoms with Gasteiger partial charge in [0.2, 0.25) is 5.91 Å². The van der Waals surface area contributed by atoms with E-state index in [0.717, 1.165) is 19.4 Å². The third-order valence-electron chi connectivity index (χ3n) is 5.64. The van der Waals surface area contributed by atoms with Crippen molar-refractivity contribution in [2.75, 3.05) is 12.8 Å². The molecule has 0 spiro atoms. The second kappa shape index (κ2) is 5.28. The summed E-state index contributed by atoms with van der Waals surface area (Å²) in [6.07, 6.45) is 6.52. The zero-order valence-electron chi connectivity index (χ0n) is 12.7. The Bertz CT molecular complexity index is 352. The third-order valence-corrected chi connectivity index (χ3v) is 7.06. The number of nitrogens with two attached hydrogens (primary N) is 1. The molecule has 0 saturated heterocycles. The number of rotatable bonds is 4. The van der Waals surface area contributed by atoms with Crippen LogP contribution in [0.3, 0.4) is 0 Å². The topological polar surface area (TPSA) is 55.1 Å². The van der Waals surface area contributed by atoms with Crippen LogP contribution in [0.1, 0.15) is 46.5 Å². The summed E-state index contributed by atoms with van der Waals surface area (Å²) in [5.41, 5.74) is 6.15. The highest BCUT2D eigenvalue weighted by atomic mass is 32.2. The zero-order chi connectivity index (χ0) is 14.3. The highest BCUT2D eigenvalue weighted by molar-refractivity contribution is 8.00. The maximum atomic E-state index is 12.5. The Balaban J connectivity index is 1.95. The lowest BCUT2D eigenvalue weighted by atomic mass is 9.61. The van der Waals surface area contributed by atoms with E-state index in [1.165, 1.54) is 12.8 Å². The van der Waals surface area contributed by atoms with E-state index in [2.05, 4.69) is 32.3 Å². The van der Waals surface area contributed by atoms with E-state index in [4.69, 9.17) is 5.73 Å². The van der Waals surface area contributed by atoms with Crippen LogP contribution >= 0.6 is 11.8 Å². The van der Waals surface area contributed by atoms with E-state index in [9.17, 15) is 4.79 Å². The molecular weight excluding hydrogens is 256 g/mol. The fourth-order valence-electron chi connectivity index (χ4n) is 3.28. The van der Waals surface area contributed by atoms with Crippen LogP contribution in [0.4, 0.5) is 0 Å². The van der Waals surface area contributed by atoms with Crippen molar-refractivity contribution < 1.29 is 4.79 Å². The van der Waals surface area contributed by atoms with Gasteiger partial charge < -0.3 is 11.1 Å². The van der Waals surface area contributed by atoms with Crippen molar-refractivity contribution in [3.63, 3.8) is 0 Å². The molecule has 2 saturated carbocycles. The Labute approximate surface area is 121 Å². The molecule has 0 heterocycles. The first-order valence-electron chi connectivity index (χ1n) is 7.41. The van der Waals surface area contributed by atoms with Gasteiger partial charge in [0.05, 0.1) is 0 Å². The molecule has 2 aliphatic rings. The Morgan fingerprint density at radius 2 is 2.00 bits per heavy atom. The van der Waals surface area contributed by atoms with Crippen molar-refractivity contribution in [2.45, 2.75) is 57.2 Å². The normalized spacial score (nSPS) is 35.7. The van der Waals surface area contributed by atoms with Crippen LogP contribution in [0.15, 0.2) is 0 Å². The summed E-state index contributed by atoms with van der Waals surface area (Å²) in [7, 11) is 0. The average Bonchev–Trinajstić information content (AvgIpc) is 3.14. The summed E-state index contributed by atoms with van der Waals surface area (Å²) in [4.78, 5) is 12.5. The van der Waals surface area contributed by atoms with Gasteiger partial charge in [-0.1, -0.05) is 20.8 Å². The van der Waals surface area contributed by atoms with Crippen LogP contribution in [-0.4, -0.2) is 29.5 Å². The summed E-state index contributed by atoms with van der Waals surface area (Å²) >= 11 is 1.89. The molecule has 1 amide bonds. The van der Waals surface area contributed by atoms with Crippen LogP contribution < -0.4 is 11.1 Å². The standard InChI is InChI=1S/C15H28N2OS/c1-10-12(16)6-5-11(14(10,2)3)13(18)17-9-15(19-4)7-8-15/h10-12H,5-9,16H2,1-4H3,(H,17,18). The molecular formula is C15H28N2OS. The molecule has 0 aliphatic heterocycles. The third kappa shape index (κ3) is 2.94. The monoisotopic (exact) mass is 284 g/mol. The number of carbonyl (C=O) groups is 1. The second-order valence-electron chi connectivity index (χ2n) is 7.01. The number of nitrogens with one attached hydrogen (secondary N) is 1. The van der Waals surface area contributed by atoms with Crippen molar-refractivity contribution in [2.24, 2.45) is 23.0 Å². The molecule has 3 N–H and O–H groups in total. The SMILES string of the molecule is CSC1(CNC(=O)C2CCC(N)C(C)C2(C)C)CC1. The van der Waals surface area contributed by atoms with Crippen LogP contribution in [0.2, 0.25) is 0 Å². The van der Waals surface area contributed by atoms with Gasteiger partial charge in [-0.25, -0.2) is 0 Å². The van der Waals surface area contributed by atoms with Crippen molar-refractivity contribution in [3.8, 4) is 0 Å². The van der Waals surface area contributed by atoms with Gasteiger partial charge in [0.15, 0.2) is 0 Å². The molecule has 110 valence electrons. The first kappa shape index (κ1) is 15.2. The molecule has 2 aliphatic carbocycles. The van der Waals surface area contributed by atoms with Gasteiger partial charge in [0, 0.05) is 23.3 Å². The fourth-order valence-corrected chi connectivity index (χ4v) is 4.01. The number of hydrogen-bond acceptors (Lipinski definition) is 3. The predicted octanol–water partition coefficient (Wildman–Crippen LogP) is 2.40. The molecule has 19 heavy (non-hydrogen) atoms. The number of carbonyl (C=O) groups excluding carboxylic acids is 1. The Kier molecular flexibility index (Phi) is 4.22. The van der Waals surface area contributed by atoms with Crippen molar-refractivity contribution in [3.05, 3.63) is 0 Å². The van der Waals surface area contributed by atoms with Crippen LogP contribution in [0.25, 0.3) is 0 Å². The molecule has 2 rings (SSSR count). The molecule has 4 heteroatoms. The molecule has 3 unspecified atom stereocenters. The Morgan fingerprint density at radius 3 is 2.53 bits per heavy atom. The molecule has 3 nitrogen and oxygen atoms in total. The minimum Gasteiger partial charge on any atom is -0.354 e. The smallest absolute Gasteiger partial charge is 0.223 e. The van der Waals surface area contributed by atoms with Gasteiger partial charge in [-0.15, -0.1) is 0 Å². The zero-order valence-corrected chi connectivity index (χ0v) is 13.5. The molecule has 0 aromatic heterocycles. The Hall–Kier alpha value is -0.220. The van der Waals surface area contributed by atoms with E-state index in [1.54, 1.807) is 0 Å². The van der Waals surface area contributed by atoms with Crippen LogP contribution in [-0.2, 0) is 4.79 Å². The fraction of sp³-hybridized carbons (Fsp3) is 0.933. The lowest BCUT2D eigenvalue weighted by molar-refractivity contribution is -0.132. The average molecular weight is 284 g/mol. The van der Waals surface area contributed by atoms with E-state index in [0.29, 0.717) is 10.7 Å². The van der Waals surface area contributed by atoms with E-state index in [-0.39, 0.29) is 23.3 Å². The summed E-state index contributed by atoms with van der Waals surface area (Å²) in [5, 5.41) is 3.20. The van der Waals surface area contributed by atoms with Gasteiger partial charge in [-0.05, 0) is 43.3 Å². The second-order valence-corrected chi connectivity index (χ2v) is 8.28. The first-order chi connectivity index (χ1) is 8.82. The highest BCUT2D eigenvalue weighted by Crippen LogP contribution is 2.47. The maximum absolute atomic E-state index is 12.5. The molecule has 0 bridgehead atoms. The summed E-state index contributed by atoms with van der Waals surface area (Å²) in [5.74, 6) is 0.747. The van der Waals surface area contributed by atoms with Crippen molar-refractivity contribution in [1.82, 2.24) is 5.32 Å². The number of thioether (sulfide) groups is 1. The molecule has 2 fully saturated rings. The van der Waals surface area contributed by atoms with E-state index >= 15 is 0 Å². The Morgan fingerprint density at radius 1 is 1.37 bits per heavy atom. The number of amides is 1. The minimum atomic E-state index is -0.00216. The quantitative estimate of drug-likeness (QED) is 0.833. The highest BCUT2D eigenvalue weighted by Gasteiger charge is 2.46. The number of hydrogen-bond donors (Lipinski definition) is 2. The van der Waals surface area contributed by atoms with Gasteiger partial charge in [0.1, 0.15) is 0 Å². The largest absolute Gasteiger partial charge is 0.354 e. The van der Waals surface area contributed by atoms with Gasteiger partial charge in [-0.2, -0.15) is 11.8 Å². The van der Waals surface area contributed by atoms with E-state index < -0.39 is 0 Å². The molecule has 3 atom stereocenters. The van der Waals surface area contributed by atoms with Gasteiger partial charge >= 0.3 is 0 Å². The summed E-state index contributed by atoms with van der Waals surface area (Å²) in [6, 6.07) is 0.236. The molecule has 0 radical (unpaired) electrons. The first-order valence-corrected chi connectivity index (χ1v) is 8.63. The van der Waals surface area contributed by atoms with Gasteiger partial charge in [0.25, 0.3) is 0 Å². The lowest BCUT2D eigenvalue weighted by Crippen LogP contribution is -2.52.